The zero-order valence-corrected chi connectivity index (χ0v) is 10.3. The average Bonchev–Trinajstić information content (AvgIpc) is 2.93. The molecule has 0 unspecified atom stereocenters. The molecule has 0 bridgehead atoms. The van der Waals surface area contributed by atoms with E-state index in [9.17, 15) is 0 Å². The van der Waals surface area contributed by atoms with Gasteiger partial charge in [0.15, 0.2) is 0 Å². The van der Waals surface area contributed by atoms with Crippen molar-refractivity contribution in [2.45, 2.75) is 12.6 Å². The Balaban J connectivity index is 1.90. The third kappa shape index (κ3) is 2.45. The molecule has 1 aliphatic heterocycles. The first-order valence-electron chi connectivity index (χ1n) is 6.45. The summed E-state index contributed by atoms with van der Waals surface area (Å²) in [6.45, 7) is 2.11. The maximum Gasteiger partial charge on any atom is 0.0614 e. The molecule has 0 aromatic heterocycles. The lowest BCUT2D eigenvalue weighted by molar-refractivity contribution is 0.551. The van der Waals surface area contributed by atoms with Crippen molar-refractivity contribution in [2.75, 3.05) is 13.1 Å². The van der Waals surface area contributed by atoms with Crippen molar-refractivity contribution in [3.05, 3.63) is 60.2 Å². The SMILES string of the molecule is [c]1cccc(-c2ccccc2)c1CC1NCCN1. The van der Waals surface area contributed by atoms with E-state index in [1.807, 2.05) is 6.07 Å². The van der Waals surface area contributed by atoms with Crippen LogP contribution in [0, 0.1) is 6.07 Å². The van der Waals surface area contributed by atoms with Gasteiger partial charge in [-0.25, -0.2) is 0 Å². The van der Waals surface area contributed by atoms with Crippen molar-refractivity contribution in [1.82, 2.24) is 10.6 Å². The molecule has 0 spiro atoms. The maximum atomic E-state index is 3.45. The summed E-state index contributed by atoms with van der Waals surface area (Å²) in [4.78, 5) is 0. The number of hydrogen-bond acceptors (Lipinski definition) is 2. The Morgan fingerprint density at radius 1 is 1.00 bits per heavy atom. The summed E-state index contributed by atoms with van der Waals surface area (Å²) in [6.07, 6.45) is 1.36. The van der Waals surface area contributed by atoms with Crippen LogP contribution in [0.25, 0.3) is 11.1 Å². The summed E-state index contributed by atoms with van der Waals surface area (Å²) >= 11 is 0. The molecular formula is C16H17N2. The minimum atomic E-state index is 0.381. The van der Waals surface area contributed by atoms with Crippen LogP contribution >= 0.6 is 0 Å². The van der Waals surface area contributed by atoms with E-state index in [0.717, 1.165) is 19.5 Å². The second kappa shape index (κ2) is 5.34. The summed E-state index contributed by atoms with van der Waals surface area (Å²) in [5, 5.41) is 6.91. The number of nitrogens with one attached hydrogen (secondary N) is 2. The van der Waals surface area contributed by atoms with E-state index in [-0.39, 0.29) is 0 Å². The molecule has 0 amide bonds. The normalized spacial score (nSPS) is 16.0. The number of rotatable bonds is 3. The molecule has 1 heterocycles. The molecule has 2 heteroatoms. The molecule has 1 radical (unpaired) electrons. The Morgan fingerprint density at radius 2 is 1.78 bits per heavy atom. The molecule has 0 aliphatic carbocycles. The minimum absolute atomic E-state index is 0.381. The van der Waals surface area contributed by atoms with Crippen molar-refractivity contribution in [1.29, 1.82) is 0 Å². The molecule has 2 aromatic rings. The Labute approximate surface area is 108 Å². The molecule has 0 saturated carbocycles. The Kier molecular flexibility index (Phi) is 3.40. The van der Waals surface area contributed by atoms with Gasteiger partial charge in [0.2, 0.25) is 0 Å². The molecule has 18 heavy (non-hydrogen) atoms. The fourth-order valence-electron chi connectivity index (χ4n) is 2.44. The van der Waals surface area contributed by atoms with Crippen LogP contribution in [0.2, 0.25) is 0 Å². The lowest BCUT2D eigenvalue weighted by Crippen LogP contribution is -2.33. The van der Waals surface area contributed by atoms with Gasteiger partial charge in [0.1, 0.15) is 0 Å². The zero-order chi connectivity index (χ0) is 12.2. The third-order valence-corrected chi connectivity index (χ3v) is 3.34. The van der Waals surface area contributed by atoms with E-state index in [1.165, 1.54) is 16.7 Å². The van der Waals surface area contributed by atoms with Crippen molar-refractivity contribution < 1.29 is 0 Å². The van der Waals surface area contributed by atoms with Crippen molar-refractivity contribution in [2.24, 2.45) is 0 Å². The van der Waals surface area contributed by atoms with Gasteiger partial charge in [0.05, 0.1) is 6.17 Å². The molecular weight excluding hydrogens is 220 g/mol. The van der Waals surface area contributed by atoms with E-state index in [4.69, 9.17) is 0 Å². The highest BCUT2D eigenvalue weighted by molar-refractivity contribution is 5.67. The smallest absolute Gasteiger partial charge is 0.0614 e. The fraction of sp³-hybridized carbons (Fsp3) is 0.250. The molecule has 1 saturated heterocycles. The van der Waals surface area contributed by atoms with Crippen molar-refractivity contribution in [3.63, 3.8) is 0 Å². The predicted octanol–water partition coefficient (Wildman–Crippen LogP) is 2.22. The zero-order valence-electron chi connectivity index (χ0n) is 10.3. The third-order valence-electron chi connectivity index (χ3n) is 3.34. The molecule has 1 fully saturated rings. The van der Waals surface area contributed by atoms with Crippen molar-refractivity contribution in [3.8, 4) is 11.1 Å². The van der Waals surface area contributed by atoms with Crippen LogP contribution in [-0.4, -0.2) is 19.3 Å². The van der Waals surface area contributed by atoms with Crippen LogP contribution in [0.5, 0.6) is 0 Å². The first kappa shape index (κ1) is 11.5. The van der Waals surface area contributed by atoms with Crippen LogP contribution in [0.15, 0.2) is 48.5 Å². The van der Waals surface area contributed by atoms with E-state index in [1.54, 1.807) is 0 Å². The number of benzene rings is 2. The van der Waals surface area contributed by atoms with Gasteiger partial charge in [-0.2, -0.15) is 0 Å². The Morgan fingerprint density at radius 3 is 2.56 bits per heavy atom. The molecule has 3 rings (SSSR count). The standard InChI is InChI=1S/C16H17N2/c1-2-6-13(7-3-1)15-9-5-4-8-14(15)12-16-17-10-11-18-16/h1-7,9,16-18H,10-12H2. The van der Waals surface area contributed by atoms with Gasteiger partial charge in [-0.1, -0.05) is 48.5 Å². The van der Waals surface area contributed by atoms with E-state index in [2.05, 4.69) is 59.2 Å². The van der Waals surface area contributed by atoms with Crippen molar-refractivity contribution >= 4 is 0 Å². The lowest BCUT2D eigenvalue weighted by Gasteiger charge is -2.14. The summed E-state index contributed by atoms with van der Waals surface area (Å²) in [7, 11) is 0. The highest BCUT2D eigenvalue weighted by Gasteiger charge is 2.15. The average molecular weight is 237 g/mol. The molecule has 2 aromatic carbocycles. The largest absolute Gasteiger partial charge is 0.300 e. The van der Waals surface area contributed by atoms with Crippen LogP contribution in [0.3, 0.4) is 0 Å². The first-order chi connectivity index (χ1) is 8.93. The quantitative estimate of drug-likeness (QED) is 0.855. The molecule has 1 aliphatic rings. The Hall–Kier alpha value is -1.64. The maximum absolute atomic E-state index is 3.45. The van der Waals surface area contributed by atoms with Gasteiger partial charge >= 0.3 is 0 Å². The fourth-order valence-corrected chi connectivity index (χ4v) is 2.44. The van der Waals surface area contributed by atoms with Gasteiger partial charge in [0, 0.05) is 19.5 Å². The molecule has 91 valence electrons. The number of hydrogen-bond donors (Lipinski definition) is 2. The van der Waals surface area contributed by atoms with E-state index >= 15 is 0 Å². The van der Waals surface area contributed by atoms with Crippen LogP contribution < -0.4 is 10.6 Å². The lowest BCUT2D eigenvalue weighted by atomic mass is 9.97. The second-order valence-electron chi connectivity index (χ2n) is 4.59. The van der Waals surface area contributed by atoms with Gasteiger partial charge in [-0.05, 0) is 22.8 Å². The molecule has 2 N–H and O–H groups in total. The predicted molar refractivity (Wildman–Crippen MR) is 74.2 cm³/mol. The van der Waals surface area contributed by atoms with Gasteiger partial charge in [0.25, 0.3) is 0 Å². The highest BCUT2D eigenvalue weighted by atomic mass is 15.2. The summed E-state index contributed by atoms with van der Waals surface area (Å²) < 4.78 is 0. The van der Waals surface area contributed by atoms with Gasteiger partial charge in [-0.15, -0.1) is 0 Å². The van der Waals surface area contributed by atoms with Crippen LogP contribution in [-0.2, 0) is 6.42 Å². The van der Waals surface area contributed by atoms with Crippen LogP contribution in [0.1, 0.15) is 5.56 Å². The molecule has 0 atom stereocenters. The molecule has 2 nitrogen and oxygen atoms in total. The highest BCUT2D eigenvalue weighted by Crippen LogP contribution is 2.23. The van der Waals surface area contributed by atoms with Crippen LogP contribution in [0.4, 0.5) is 0 Å². The van der Waals surface area contributed by atoms with E-state index < -0.39 is 0 Å². The van der Waals surface area contributed by atoms with E-state index in [0.29, 0.717) is 6.17 Å². The topological polar surface area (TPSA) is 24.1 Å². The second-order valence-corrected chi connectivity index (χ2v) is 4.59. The minimum Gasteiger partial charge on any atom is -0.300 e. The van der Waals surface area contributed by atoms with Gasteiger partial charge < -0.3 is 10.6 Å². The first-order valence-corrected chi connectivity index (χ1v) is 6.45. The Bertz CT molecular complexity index is 502. The van der Waals surface area contributed by atoms with Gasteiger partial charge in [-0.3, -0.25) is 0 Å². The monoisotopic (exact) mass is 237 g/mol. The summed E-state index contributed by atoms with van der Waals surface area (Å²) in [5.74, 6) is 0. The summed E-state index contributed by atoms with van der Waals surface area (Å²) in [5.41, 5.74) is 3.83. The summed E-state index contributed by atoms with van der Waals surface area (Å²) in [6, 6.07) is 20.1.